The van der Waals surface area contributed by atoms with E-state index in [2.05, 4.69) is 11.3 Å². The van der Waals surface area contributed by atoms with Crippen LogP contribution in [0, 0.1) is 0 Å². The van der Waals surface area contributed by atoms with Crippen LogP contribution in [0.15, 0.2) is 12.8 Å². The molecule has 0 spiro atoms. The van der Waals surface area contributed by atoms with E-state index in [1.165, 1.54) is 0 Å². The Morgan fingerprint density at radius 3 is 1.93 bits per heavy atom. The van der Waals surface area contributed by atoms with Gasteiger partial charge in [0.2, 0.25) is 5.60 Å². The molecule has 7 heteroatoms. The zero-order valence-electron chi connectivity index (χ0n) is 8.11. The molecule has 0 rings (SSSR count). The van der Waals surface area contributed by atoms with Gasteiger partial charge in [0.1, 0.15) is 0 Å². The molecule has 0 radical (unpaired) electrons. The molecule has 0 aliphatic carbocycles. The summed E-state index contributed by atoms with van der Waals surface area (Å²) >= 11 is 0. The zero-order chi connectivity index (χ0) is 12.5. The normalized spacial score (nSPS) is 19.2. The number of halogens is 5. The number of aliphatic hydroxyl groups is 1. The van der Waals surface area contributed by atoms with Crippen molar-refractivity contribution in [3.63, 3.8) is 0 Å². The van der Waals surface area contributed by atoms with Gasteiger partial charge in [0, 0.05) is 0 Å². The Morgan fingerprint density at radius 1 is 1.27 bits per heavy atom. The molecule has 0 aromatic carbocycles. The summed E-state index contributed by atoms with van der Waals surface area (Å²) in [6.45, 7) is 3.65. The number of ether oxygens (including phenoxy) is 1. The van der Waals surface area contributed by atoms with E-state index in [-0.39, 0.29) is 6.92 Å². The second-order valence-corrected chi connectivity index (χ2v) is 3.14. The standard InChI is InChI=1S/C8H11F5O2/c1-4-15-5(2)7(9,10)6(3,14)8(11,12)13/h4-5,14H,1H2,2-3H3. The van der Waals surface area contributed by atoms with Crippen LogP contribution in [0.1, 0.15) is 13.8 Å². The van der Waals surface area contributed by atoms with Gasteiger partial charge in [0.15, 0.2) is 6.10 Å². The molecule has 0 bridgehead atoms. The first-order valence-electron chi connectivity index (χ1n) is 3.91. The third-order valence-corrected chi connectivity index (χ3v) is 2.01. The molecule has 15 heavy (non-hydrogen) atoms. The fourth-order valence-corrected chi connectivity index (χ4v) is 0.815. The molecule has 0 fully saturated rings. The summed E-state index contributed by atoms with van der Waals surface area (Å²) in [5.74, 6) is -4.47. The number of hydrogen-bond donors (Lipinski definition) is 1. The van der Waals surface area contributed by atoms with Crippen LogP contribution in [0.3, 0.4) is 0 Å². The third kappa shape index (κ3) is 2.39. The molecule has 0 heterocycles. The van der Waals surface area contributed by atoms with Crippen LogP contribution >= 0.6 is 0 Å². The Bertz CT molecular complexity index is 234. The first-order valence-corrected chi connectivity index (χ1v) is 3.91. The van der Waals surface area contributed by atoms with Crippen molar-refractivity contribution in [2.45, 2.75) is 37.7 Å². The monoisotopic (exact) mass is 234 g/mol. The quantitative estimate of drug-likeness (QED) is 0.598. The van der Waals surface area contributed by atoms with E-state index in [9.17, 15) is 22.0 Å². The summed E-state index contributed by atoms with van der Waals surface area (Å²) in [5, 5.41) is 8.79. The lowest BCUT2D eigenvalue weighted by atomic mass is 9.93. The fourth-order valence-electron chi connectivity index (χ4n) is 0.815. The maximum atomic E-state index is 13.1. The lowest BCUT2D eigenvalue weighted by Gasteiger charge is -2.36. The molecule has 90 valence electrons. The molecule has 1 N–H and O–H groups in total. The maximum Gasteiger partial charge on any atom is 0.423 e. The minimum Gasteiger partial charge on any atom is -0.493 e. The average Bonchev–Trinajstić information content (AvgIpc) is 2.02. The molecule has 0 saturated carbocycles. The Labute approximate surface area is 83.3 Å². The SMILES string of the molecule is C=COC(C)C(F)(F)C(C)(O)C(F)(F)F. The first-order chi connectivity index (χ1) is 6.48. The van der Waals surface area contributed by atoms with Gasteiger partial charge in [-0.05, 0) is 13.8 Å². The summed E-state index contributed by atoms with van der Waals surface area (Å²) in [5.41, 5.74) is -4.15. The Morgan fingerprint density at radius 2 is 1.67 bits per heavy atom. The molecular formula is C8H11F5O2. The van der Waals surface area contributed by atoms with E-state index in [1.807, 2.05) is 0 Å². The number of rotatable bonds is 4. The molecule has 2 unspecified atom stereocenters. The molecule has 0 aromatic heterocycles. The topological polar surface area (TPSA) is 29.5 Å². The molecule has 0 aliphatic rings. The van der Waals surface area contributed by atoms with Gasteiger partial charge in [-0.15, -0.1) is 0 Å². The Kier molecular flexibility index (Phi) is 3.73. The van der Waals surface area contributed by atoms with Crippen LogP contribution in [0.5, 0.6) is 0 Å². The summed E-state index contributed by atoms with van der Waals surface area (Å²) in [4.78, 5) is 0. The summed E-state index contributed by atoms with van der Waals surface area (Å²) < 4.78 is 66.8. The van der Waals surface area contributed by atoms with Crippen molar-refractivity contribution in [1.29, 1.82) is 0 Å². The first kappa shape index (κ1) is 14.2. The predicted molar refractivity (Wildman–Crippen MR) is 42.4 cm³/mol. The van der Waals surface area contributed by atoms with Crippen molar-refractivity contribution in [2.24, 2.45) is 0 Å². The molecule has 0 aliphatic heterocycles. The lowest BCUT2D eigenvalue weighted by molar-refractivity contribution is -0.340. The van der Waals surface area contributed by atoms with Crippen LogP contribution in [-0.4, -0.2) is 28.9 Å². The van der Waals surface area contributed by atoms with E-state index in [0.717, 1.165) is 0 Å². The Hall–Kier alpha value is -0.850. The second kappa shape index (κ2) is 3.96. The number of alkyl halides is 5. The predicted octanol–water partition coefficient (Wildman–Crippen LogP) is 2.48. The highest BCUT2D eigenvalue weighted by molar-refractivity contribution is 4.99. The van der Waals surface area contributed by atoms with E-state index in [4.69, 9.17) is 5.11 Å². The molecule has 2 atom stereocenters. The molecular weight excluding hydrogens is 223 g/mol. The van der Waals surface area contributed by atoms with E-state index in [1.54, 1.807) is 0 Å². The van der Waals surface area contributed by atoms with Gasteiger partial charge >= 0.3 is 12.1 Å². The van der Waals surface area contributed by atoms with Crippen molar-refractivity contribution < 1.29 is 31.8 Å². The highest BCUT2D eigenvalue weighted by atomic mass is 19.4. The Balaban J connectivity index is 5.08. The van der Waals surface area contributed by atoms with Crippen molar-refractivity contribution in [3.8, 4) is 0 Å². The minimum absolute atomic E-state index is 0.00402. The van der Waals surface area contributed by atoms with Crippen molar-refractivity contribution in [2.75, 3.05) is 0 Å². The van der Waals surface area contributed by atoms with Crippen molar-refractivity contribution >= 4 is 0 Å². The summed E-state index contributed by atoms with van der Waals surface area (Å²) in [6, 6.07) is 0. The van der Waals surface area contributed by atoms with E-state index >= 15 is 0 Å². The van der Waals surface area contributed by atoms with Crippen molar-refractivity contribution in [1.82, 2.24) is 0 Å². The van der Waals surface area contributed by atoms with Gasteiger partial charge in [0.25, 0.3) is 0 Å². The van der Waals surface area contributed by atoms with Gasteiger partial charge in [-0.2, -0.15) is 22.0 Å². The molecule has 0 aromatic rings. The lowest BCUT2D eigenvalue weighted by Crippen LogP contribution is -2.61. The summed E-state index contributed by atoms with van der Waals surface area (Å²) in [6.07, 6.45) is -6.99. The van der Waals surface area contributed by atoms with Gasteiger partial charge in [0.05, 0.1) is 6.26 Å². The second-order valence-electron chi connectivity index (χ2n) is 3.14. The third-order valence-electron chi connectivity index (χ3n) is 2.01. The smallest absolute Gasteiger partial charge is 0.423 e. The highest BCUT2D eigenvalue weighted by Crippen LogP contribution is 2.44. The summed E-state index contributed by atoms with van der Waals surface area (Å²) in [7, 11) is 0. The van der Waals surface area contributed by atoms with Crippen LogP contribution in [0.25, 0.3) is 0 Å². The highest BCUT2D eigenvalue weighted by Gasteiger charge is 2.68. The van der Waals surface area contributed by atoms with Crippen molar-refractivity contribution in [3.05, 3.63) is 12.8 Å². The zero-order valence-corrected chi connectivity index (χ0v) is 8.11. The van der Waals surface area contributed by atoms with E-state index in [0.29, 0.717) is 13.2 Å². The number of hydrogen-bond acceptors (Lipinski definition) is 2. The molecule has 0 amide bonds. The maximum absolute atomic E-state index is 13.1. The van der Waals surface area contributed by atoms with E-state index < -0.39 is 23.8 Å². The van der Waals surface area contributed by atoms with Crippen LogP contribution in [0.2, 0.25) is 0 Å². The van der Waals surface area contributed by atoms with Gasteiger partial charge in [-0.25, -0.2) is 0 Å². The van der Waals surface area contributed by atoms with Gasteiger partial charge < -0.3 is 9.84 Å². The van der Waals surface area contributed by atoms with Crippen LogP contribution in [-0.2, 0) is 4.74 Å². The fraction of sp³-hybridized carbons (Fsp3) is 0.750. The average molecular weight is 234 g/mol. The van der Waals surface area contributed by atoms with Gasteiger partial charge in [-0.1, -0.05) is 6.58 Å². The molecule has 2 nitrogen and oxygen atoms in total. The van der Waals surface area contributed by atoms with Crippen LogP contribution in [0.4, 0.5) is 22.0 Å². The molecule has 0 saturated heterocycles. The minimum atomic E-state index is -5.45. The van der Waals surface area contributed by atoms with Crippen LogP contribution < -0.4 is 0 Å². The van der Waals surface area contributed by atoms with Gasteiger partial charge in [-0.3, -0.25) is 0 Å². The largest absolute Gasteiger partial charge is 0.493 e.